The predicted molar refractivity (Wildman–Crippen MR) is 81.9 cm³/mol. The van der Waals surface area contributed by atoms with Gasteiger partial charge in [0.25, 0.3) is 0 Å². The SMILES string of the molecule is CCNC(c1ccc2c(c1)oc(=O)n2C)C(CC)CC. The Morgan fingerprint density at radius 2 is 1.95 bits per heavy atom. The van der Waals surface area contributed by atoms with E-state index in [-0.39, 0.29) is 5.76 Å². The second kappa shape index (κ2) is 6.27. The summed E-state index contributed by atoms with van der Waals surface area (Å²) in [6.07, 6.45) is 2.26. The first-order valence-corrected chi connectivity index (χ1v) is 7.45. The van der Waals surface area contributed by atoms with E-state index >= 15 is 0 Å². The van der Waals surface area contributed by atoms with Gasteiger partial charge in [-0.25, -0.2) is 4.79 Å². The third-order valence-corrected chi connectivity index (χ3v) is 4.12. The van der Waals surface area contributed by atoms with Crippen LogP contribution in [0, 0.1) is 5.92 Å². The van der Waals surface area contributed by atoms with Gasteiger partial charge in [0.1, 0.15) is 0 Å². The molecule has 2 aromatic rings. The second-order valence-electron chi connectivity index (χ2n) is 5.27. The van der Waals surface area contributed by atoms with Crippen molar-refractivity contribution in [3.63, 3.8) is 0 Å². The lowest BCUT2D eigenvalue weighted by atomic mass is 9.88. The number of aryl methyl sites for hydroxylation is 1. The standard InChI is InChI=1S/C16H24N2O2/c1-5-11(6-2)15(17-7-3)12-8-9-13-14(10-12)20-16(19)18(13)4/h8-11,15,17H,5-7H2,1-4H3. The van der Waals surface area contributed by atoms with Gasteiger partial charge in [-0.15, -0.1) is 0 Å². The molecule has 110 valence electrons. The Hall–Kier alpha value is -1.55. The minimum atomic E-state index is -0.306. The van der Waals surface area contributed by atoms with Crippen molar-refractivity contribution >= 4 is 11.1 Å². The van der Waals surface area contributed by atoms with Gasteiger partial charge in [-0.1, -0.05) is 39.7 Å². The van der Waals surface area contributed by atoms with Crippen LogP contribution in [0.2, 0.25) is 0 Å². The summed E-state index contributed by atoms with van der Waals surface area (Å²) >= 11 is 0. The Bertz CT molecular complexity index is 623. The zero-order valence-electron chi connectivity index (χ0n) is 12.8. The number of aromatic nitrogens is 1. The van der Waals surface area contributed by atoms with Gasteiger partial charge in [0, 0.05) is 13.1 Å². The van der Waals surface area contributed by atoms with Crippen molar-refractivity contribution in [2.75, 3.05) is 6.54 Å². The molecule has 0 radical (unpaired) electrons. The van der Waals surface area contributed by atoms with Gasteiger partial charge in [-0.05, 0) is 30.2 Å². The number of nitrogens with one attached hydrogen (secondary N) is 1. The summed E-state index contributed by atoms with van der Waals surface area (Å²) in [7, 11) is 1.73. The van der Waals surface area contributed by atoms with Crippen LogP contribution >= 0.6 is 0 Å². The van der Waals surface area contributed by atoms with E-state index < -0.39 is 0 Å². The van der Waals surface area contributed by atoms with Gasteiger partial charge in [0.05, 0.1) is 5.52 Å². The minimum absolute atomic E-state index is 0.306. The molecule has 2 rings (SSSR count). The topological polar surface area (TPSA) is 47.2 Å². The Balaban J connectivity index is 2.45. The van der Waals surface area contributed by atoms with Crippen LogP contribution in [-0.4, -0.2) is 11.1 Å². The van der Waals surface area contributed by atoms with Crippen LogP contribution in [0.3, 0.4) is 0 Å². The summed E-state index contributed by atoms with van der Waals surface area (Å²) in [5.41, 5.74) is 2.71. The summed E-state index contributed by atoms with van der Waals surface area (Å²) in [6.45, 7) is 7.49. The van der Waals surface area contributed by atoms with E-state index in [0.29, 0.717) is 17.5 Å². The number of oxazole rings is 1. The zero-order chi connectivity index (χ0) is 14.7. The van der Waals surface area contributed by atoms with Crippen LogP contribution in [0.1, 0.15) is 45.2 Å². The molecule has 1 atom stereocenters. The maximum absolute atomic E-state index is 11.6. The molecule has 1 unspecified atom stereocenters. The Morgan fingerprint density at radius 3 is 2.55 bits per heavy atom. The fraction of sp³-hybridized carbons (Fsp3) is 0.562. The van der Waals surface area contributed by atoms with Crippen molar-refractivity contribution in [1.82, 2.24) is 9.88 Å². The lowest BCUT2D eigenvalue weighted by Crippen LogP contribution is -2.27. The third kappa shape index (κ3) is 2.66. The molecule has 0 amide bonds. The van der Waals surface area contributed by atoms with E-state index in [2.05, 4.69) is 32.2 Å². The summed E-state index contributed by atoms with van der Waals surface area (Å²) in [5.74, 6) is 0.280. The number of hydrogen-bond acceptors (Lipinski definition) is 3. The molecular weight excluding hydrogens is 252 g/mol. The van der Waals surface area contributed by atoms with Crippen molar-refractivity contribution in [3.8, 4) is 0 Å². The quantitative estimate of drug-likeness (QED) is 0.881. The van der Waals surface area contributed by atoms with Gasteiger partial charge >= 0.3 is 5.76 Å². The van der Waals surface area contributed by atoms with Gasteiger partial charge in [-0.2, -0.15) is 0 Å². The van der Waals surface area contributed by atoms with E-state index in [4.69, 9.17) is 4.42 Å². The largest absolute Gasteiger partial charge is 0.419 e. The summed E-state index contributed by atoms with van der Waals surface area (Å²) < 4.78 is 6.83. The zero-order valence-corrected chi connectivity index (χ0v) is 12.8. The summed E-state index contributed by atoms with van der Waals surface area (Å²) in [4.78, 5) is 11.6. The number of benzene rings is 1. The van der Waals surface area contributed by atoms with Crippen LogP contribution < -0.4 is 11.1 Å². The van der Waals surface area contributed by atoms with Gasteiger partial charge in [0.2, 0.25) is 0 Å². The average molecular weight is 276 g/mol. The molecule has 0 saturated heterocycles. The monoisotopic (exact) mass is 276 g/mol. The van der Waals surface area contributed by atoms with Crippen LogP contribution in [-0.2, 0) is 7.05 Å². The molecule has 0 spiro atoms. The highest BCUT2D eigenvalue weighted by Gasteiger charge is 2.20. The fourth-order valence-electron chi connectivity index (χ4n) is 2.88. The smallest absolute Gasteiger partial charge is 0.408 e. The minimum Gasteiger partial charge on any atom is -0.408 e. The van der Waals surface area contributed by atoms with E-state index in [0.717, 1.165) is 24.9 Å². The molecule has 4 nitrogen and oxygen atoms in total. The van der Waals surface area contributed by atoms with Crippen LogP contribution in [0.4, 0.5) is 0 Å². The van der Waals surface area contributed by atoms with Crippen molar-refractivity contribution in [2.24, 2.45) is 13.0 Å². The van der Waals surface area contributed by atoms with Gasteiger partial charge in [-0.3, -0.25) is 4.57 Å². The molecule has 1 aromatic carbocycles. The van der Waals surface area contributed by atoms with E-state index in [9.17, 15) is 4.79 Å². The molecule has 1 aromatic heterocycles. The highest BCUT2D eigenvalue weighted by atomic mass is 16.4. The molecule has 0 aliphatic carbocycles. The molecule has 4 heteroatoms. The van der Waals surface area contributed by atoms with E-state index in [1.807, 2.05) is 12.1 Å². The fourth-order valence-corrected chi connectivity index (χ4v) is 2.88. The average Bonchev–Trinajstić information content (AvgIpc) is 2.74. The normalized spacial score (nSPS) is 13.2. The van der Waals surface area contributed by atoms with Gasteiger partial charge in [0.15, 0.2) is 5.58 Å². The lowest BCUT2D eigenvalue weighted by Gasteiger charge is -2.26. The highest BCUT2D eigenvalue weighted by molar-refractivity contribution is 5.73. The number of hydrogen-bond donors (Lipinski definition) is 1. The molecule has 0 aliphatic heterocycles. The number of nitrogens with zero attached hydrogens (tertiary/aromatic N) is 1. The molecule has 20 heavy (non-hydrogen) atoms. The molecule has 1 heterocycles. The lowest BCUT2D eigenvalue weighted by molar-refractivity contribution is 0.346. The first-order valence-electron chi connectivity index (χ1n) is 7.45. The molecule has 0 aliphatic rings. The number of fused-ring (bicyclic) bond motifs is 1. The van der Waals surface area contributed by atoms with Crippen LogP contribution in [0.15, 0.2) is 27.4 Å². The molecule has 0 fully saturated rings. The van der Waals surface area contributed by atoms with Crippen molar-refractivity contribution in [3.05, 3.63) is 34.3 Å². The summed E-state index contributed by atoms with van der Waals surface area (Å²) in [6, 6.07) is 6.39. The predicted octanol–water partition coefficient (Wildman–Crippen LogP) is 3.22. The Kier molecular flexibility index (Phi) is 4.65. The first-order chi connectivity index (χ1) is 9.62. The maximum atomic E-state index is 11.6. The summed E-state index contributed by atoms with van der Waals surface area (Å²) in [5, 5.41) is 3.56. The molecule has 0 saturated carbocycles. The van der Waals surface area contributed by atoms with E-state index in [1.165, 1.54) is 5.56 Å². The third-order valence-electron chi connectivity index (χ3n) is 4.12. The second-order valence-corrected chi connectivity index (χ2v) is 5.27. The van der Waals surface area contributed by atoms with Crippen molar-refractivity contribution in [2.45, 2.75) is 39.7 Å². The van der Waals surface area contributed by atoms with E-state index in [1.54, 1.807) is 11.6 Å². The van der Waals surface area contributed by atoms with Crippen molar-refractivity contribution < 1.29 is 4.42 Å². The van der Waals surface area contributed by atoms with Crippen LogP contribution in [0.25, 0.3) is 11.1 Å². The Labute approximate surface area is 119 Å². The van der Waals surface area contributed by atoms with Gasteiger partial charge < -0.3 is 9.73 Å². The highest BCUT2D eigenvalue weighted by Crippen LogP contribution is 2.29. The Morgan fingerprint density at radius 1 is 1.25 bits per heavy atom. The van der Waals surface area contributed by atoms with Crippen molar-refractivity contribution in [1.29, 1.82) is 0 Å². The van der Waals surface area contributed by atoms with Crippen LogP contribution in [0.5, 0.6) is 0 Å². The number of rotatable bonds is 6. The molecule has 1 N–H and O–H groups in total. The first kappa shape index (κ1) is 14.9. The molecular formula is C16H24N2O2. The molecule has 0 bridgehead atoms. The maximum Gasteiger partial charge on any atom is 0.419 e.